The average molecular weight is 607 g/mol. The highest BCUT2D eigenvalue weighted by Gasteiger charge is 2.41. The van der Waals surface area contributed by atoms with Gasteiger partial charge in [0, 0.05) is 34.9 Å². The van der Waals surface area contributed by atoms with Crippen LogP contribution in [0.2, 0.25) is 0 Å². The van der Waals surface area contributed by atoms with Crippen LogP contribution >= 0.6 is 15.9 Å². The summed E-state index contributed by atoms with van der Waals surface area (Å²) in [5.74, 6) is 0.627. The highest BCUT2D eigenvalue weighted by atomic mass is 79.9. The zero-order valence-electron chi connectivity index (χ0n) is 23.6. The largest absolute Gasteiger partial charge is 0.490 e. The van der Waals surface area contributed by atoms with Crippen molar-refractivity contribution in [2.45, 2.75) is 65.9 Å². The van der Waals surface area contributed by atoms with Gasteiger partial charge in [-0.3, -0.25) is 15.2 Å². The molecule has 0 aromatic heterocycles. The lowest BCUT2D eigenvalue weighted by Gasteiger charge is -2.35. The van der Waals surface area contributed by atoms with Gasteiger partial charge in [-0.05, 0) is 90.9 Å². The van der Waals surface area contributed by atoms with Crippen LogP contribution in [0.4, 0.5) is 0 Å². The van der Waals surface area contributed by atoms with Crippen molar-refractivity contribution in [3.05, 3.63) is 68.8 Å². The van der Waals surface area contributed by atoms with Crippen molar-refractivity contribution >= 4 is 33.3 Å². The number of halogens is 1. The van der Waals surface area contributed by atoms with E-state index in [1.54, 1.807) is 0 Å². The molecule has 0 saturated carbocycles. The summed E-state index contributed by atoms with van der Waals surface area (Å²) in [6, 6.07) is 13.8. The molecule has 8 heteroatoms. The summed E-state index contributed by atoms with van der Waals surface area (Å²) >= 11 is 3.68. The second kappa shape index (κ2) is 13.3. The second-order valence-corrected chi connectivity index (χ2v) is 11.1. The molecule has 3 atom stereocenters. The minimum absolute atomic E-state index is 0.0908. The molecule has 0 amide bonds. The first-order chi connectivity index (χ1) is 19.3. The van der Waals surface area contributed by atoms with Crippen LogP contribution in [0.1, 0.15) is 76.0 Å². The fourth-order valence-electron chi connectivity index (χ4n) is 5.63. The minimum Gasteiger partial charge on any atom is -0.490 e. The van der Waals surface area contributed by atoms with E-state index in [0.29, 0.717) is 52.7 Å². The van der Waals surface area contributed by atoms with Crippen LogP contribution in [0.3, 0.4) is 0 Å². The topological polar surface area (TPSA) is 105 Å². The molecule has 0 bridgehead atoms. The Morgan fingerprint density at radius 1 is 1.15 bits per heavy atom. The third-order valence-electron chi connectivity index (χ3n) is 7.36. The van der Waals surface area contributed by atoms with Gasteiger partial charge in [0.25, 0.3) is 0 Å². The predicted molar refractivity (Wildman–Crippen MR) is 159 cm³/mol. The van der Waals surface area contributed by atoms with Gasteiger partial charge in [0.1, 0.15) is 6.61 Å². The third kappa shape index (κ3) is 6.31. The lowest BCUT2D eigenvalue weighted by atomic mass is 9.70. The molecule has 0 saturated heterocycles. The van der Waals surface area contributed by atoms with E-state index in [1.165, 1.54) is 0 Å². The number of carbonyl (C=O) groups excluding carboxylic acids is 1. The Morgan fingerprint density at radius 3 is 2.65 bits per heavy atom. The fourth-order valence-corrected chi connectivity index (χ4v) is 6.21. The molecule has 1 aliphatic carbocycles. The molecule has 1 N–H and O–H groups in total. The van der Waals surface area contributed by atoms with E-state index in [0.717, 1.165) is 41.8 Å². The number of carbonyl (C=O) groups is 1. The summed E-state index contributed by atoms with van der Waals surface area (Å²) in [6.07, 6.45) is 3.28. The smallest absolute Gasteiger partial charge is 0.213 e. The summed E-state index contributed by atoms with van der Waals surface area (Å²) in [4.78, 5) is 18.2. The number of nitrogens with zero attached hydrogens (tertiary/aromatic N) is 2. The van der Waals surface area contributed by atoms with Crippen molar-refractivity contribution in [3.63, 3.8) is 0 Å². The van der Waals surface area contributed by atoms with Crippen molar-refractivity contribution in [1.29, 1.82) is 10.7 Å². The molecule has 2 aromatic carbocycles. The summed E-state index contributed by atoms with van der Waals surface area (Å²) < 4.78 is 18.3. The van der Waals surface area contributed by atoms with E-state index in [-0.39, 0.29) is 18.3 Å². The Morgan fingerprint density at radius 2 is 1.95 bits per heavy atom. The van der Waals surface area contributed by atoms with Gasteiger partial charge in [-0.15, -0.1) is 0 Å². The highest BCUT2D eigenvalue weighted by Crippen LogP contribution is 2.48. The van der Waals surface area contributed by atoms with Gasteiger partial charge >= 0.3 is 0 Å². The maximum atomic E-state index is 13.5. The molecule has 0 fully saturated rings. The Labute approximate surface area is 244 Å². The lowest BCUT2D eigenvalue weighted by Crippen LogP contribution is -2.32. The molecule has 3 unspecified atom stereocenters. The number of allylic oxidation sites excluding steroid dienone is 2. The predicted octanol–water partition coefficient (Wildman–Crippen LogP) is 7.52. The van der Waals surface area contributed by atoms with Crippen LogP contribution < -0.4 is 9.47 Å². The number of aliphatic imine (C=N–C) groups is 1. The molecule has 0 radical (unpaired) electrons. The molecule has 7 nitrogen and oxygen atoms in total. The standard InChI is InChI=1S/C32H36BrN3O4/c1-5-9-20-13-26-30(27(37)14-20)29(24(17-34)19(4)36-26)23-15-25(33)31(28(16-23)38-6-2)40-18-21-10-8-11-22(12-21)32(35)39-7-3/h8,10-12,15-16,20,24,29,35H,5-7,9,13-14,18H2,1-4H3. The van der Waals surface area contributed by atoms with Crippen LogP contribution in [-0.4, -0.2) is 30.6 Å². The van der Waals surface area contributed by atoms with E-state index in [4.69, 9.17) is 24.6 Å². The molecule has 2 aliphatic rings. The van der Waals surface area contributed by atoms with E-state index in [1.807, 2.05) is 57.2 Å². The highest BCUT2D eigenvalue weighted by molar-refractivity contribution is 9.10. The van der Waals surface area contributed by atoms with Crippen molar-refractivity contribution in [1.82, 2.24) is 0 Å². The van der Waals surface area contributed by atoms with Gasteiger partial charge in [-0.1, -0.05) is 25.5 Å². The quantitative estimate of drug-likeness (QED) is 0.223. The van der Waals surface area contributed by atoms with Gasteiger partial charge in [0.05, 0.1) is 29.7 Å². The van der Waals surface area contributed by atoms with E-state index in [2.05, 4.69) is 28.9 Å². The molecular formula is C32H36BrN3O4. The number of ketones is 1. The zero-order chi connectivity index (χ0) is 28.8. The molecule has 210 valence electrons. The number of nitrogens with one attached hydrogen (secondary N) is 1. The zero-order valence-corrected chi connectivity index (χ0v) is 25.1. The summed E-state index contributed by atoms with van der Waals surface area (Å²) in [7, 11) is 0. The molecule has 2 aromatic rings. The number of hydrogen-bond donors (Lipinski definition) is 1. The van der Waals surface area contributed by atoms with E-state index in [9.17, 15) is 10.1 Å². The van der Waals surface area contributed by atoms with Crippen molar-refractivity contribution < 1.29 is 19.0 Å². The molecular weight excluding hydrogens is 570 g/mol. The minimum atomic E-state index is -0.540. The first-order valence-electron chi connectivity index (χ1n) is 13.9. The van der Waals surface area contributed by atoms with Gasteiger partial charge in [-0.25, -0.2) is 0 Å². The number of Topliss-reactive ketones (excluding diaryl/α,β-unsaturated/α-hetero) is 1. The van der Waals surface area contributed by atoms with Gasteiger partial charge in [0.15, 0.2) is 17.3 Å². The summed E-state index contributed by atoms with van der Waals surface area (Å²) in [6.45, 7) is 8.88. The van der Waals surface area contributed by atoms with Crippen molar-refractivity contribution in [2.75, 3.05) is 13.2 Å². The van der Waals surface area contributed by atoms with Crippen LogP contribution in [-0.2, 0) is 16.1 Å². The Kier molecular flexibility index (Phi) is 9.80. The van der Waals surface area contributed by atoms with Crippen LogP contribution in [0.25, 0.3) is 0 Å². The van der Waals surface area contributed by atoms with Gasteiger partial charge < -0.3 is 14.2 Å². The van der Waals surface area contributed by atoms with Crippen LogP contribution in [0.5, 0.6) is 11.5 Å². The molecule has 1 heterocycles. The Bertz CT molecular complexity index is 1390. The SMILES string of the molecule is CCCC1CC(=O)C2=C(C1)N=C(C)C(C#N)C2c1cc(Br)c(OCc2cccc(C(=N)OCC)c2)c(OCC)c1. The van der Waals surface area contributed by atoms with Gasteiger partial charge in [0.2, 0.25) is 5.90 Å². The summed E-state index contributed by atoms with van der Waals surface area (Å²) in [5, 5.41) is 18.2. The Balaban J connectivity index is 1.68. The van der Waals surface area contributed by atoms with Crippen molar-refractivity contribution in [3.8, 4) is 17.6 Å². The molecule has 40 heavy (non-hydrogen) atoms. The number of benzene rings is 2. The van der Waals surface area contributed by atoms with Crippen LogP contribution in [0.15, 0.2) is 57.1 Å². The second-order valence-electron chi connectivity index (χ2n) is 10.2. The number of rotatable bonds is 10. The molecule has 4 rings (SSSR count). The average Bonchev–Trinajstić information content (AvgIpc) is 2.92. The number of hydrogen-bond acceptors (Lipinski definition) is 7. The normalized spacial score (nSPS) is 20.4. The van der Waals surface area contributed by atoms with E-state index >= 15 is 0 Å². The third-order valence-corrected chi connectivity index (χ3v) is 7.95. The van der Waals surface area contributed by atoms with Gasteiger partial charge in [-0.2, -0.15) is 5.26 Å². The van der Waals surface area contributed by atoms with E-state index < -0.39 is 11.8 Å². The van der Waals surface area contributed by atoms with Crippen LogP contribution in [0, 0.1) is 28.6 Å². The summed E-state index contributed by atoms with van der Waals surface area (Å²) in [5.41, 5.74) is 4.63. The Hall–Kier alpha value is -3.44. The fraction of sp³-hybridized carbons (Fsp3) is 0.438. The van der Waals surface area contributed by atoms with Crippen molar-refractivity contribution in [2.24, 2.45) is 16.8 Å². The maximum absolute atomic E-state index is 13.5. The number of nitriles is 1. The first kappa shape index (κ1) is 29.5. The molecule has 1 aliphatic heterocycles. The maximum Gasteiger partial charge on any atom is 0.213 e. The lowest BCUT2D eigenvalue weighted by molar-refractivity contribution is -0.117. The molecule has 0 spiro atoms. The number of ether oxygens (including phenoxy) is 3. The monoisotopic (exact) mass is 605 g/mol. The first-order valence-corrected chi connectivity index (χ1v) is 14.7.